The Morgan fingerprint density at radius 1 is 1.55 bits per heavy atom. The van der Waals surface area contributed by atoms with Crippen LogP contribution in [0.2, 0.25) is 0 Å². The van der Waals surface area contributed by atoms with E-state index in [4.69, 9.17) is 10.3 Å². The first-order valence-electron chi connectivity index (χ1n) is 6.84. The average Bonchev–Trinajstić information content (AvgIpc) is 2.99. The van der Waals surface area contributed by atoms with E-state index in [1.807, 2.05) is 12.1 Å². The molecule has 0 unspecified atom stereocenters. The largest absolute Gasteiger partial charge is 0.367 e. The number of aromatic nitrogens is 1. The normalized spacial score (nSPS) is 15.1. The lowest BCUT2D eigenvalue weighted by molar-refractivity contribution is 0.0918. The number of nitrogens with two attached hydrogens (primary N) is 1. The highest BCUT2D eigenvalue weighted by atomic mass is 32.1. The van der Waals surface area contributed by atoms with Crippen molar-refractivity contribution in [3.8, 4) is 10.6 Å². The number of nitrogens with zero attached hydrogens (tertiary/aromatic N) is 1. The van der Waals surface area contributed by atoms with Crippen LogP contribution in [-0.4, -0.2) is 17.1 Å². The molecule has 1 amide bonds. The summed E-state index contributed by atoms with van der Waals surface area (Å²) >= 11 is 1.61. The maximum atomic E-state index is 12.3. The smallest absolute Gasteiger partial charge is 0.259 e. The number of carbonyl (C=O) groups excluding carboxylic acids is 1. The molecule has 3 rings (SSSR count). The molecule has 20 heavy (non-hydrogen) atoms. The quantitative estimate of drug-likeness (QED) is 0.907. The summed E-state index contributed by atoms with van der Waals surface area (Å²) in [6.45, 7) is 2.09. The Morgan fingerprint density at radius 3 is 2.95 bits per heavy atom. The number of hydrogen-bond donors (Lipinski definition) is 2. The Bertz CT molecular complexity index is 628. The first kappa shape index (κ1) is 13.2. The maximum Gasteiger partial charge on any atom is 0.259 e. The highest BCUT2D eigenvalue weighted by Gasteiger charge is 2.27. The Labute approximate surface area is 121 Å². The fourth-order valence-corrected chi connectivity index (χ4v) is 3.13. The third kappa shape index (κ3) is 2.31. The summed E-state index contributed by atoms with van der Waals surface area (Å²) in [5.41, 5.74) is 6.68. The maximum absolute atomic E-state index is 12.3. The molecular formula is C14H17N3O2S. The number of thiophene rings is 1. The van der Waals surface area contributed by atoms with Gasteiger partial charge in [0.2, 0.25) is 5.88 Å². The number of aryl methyl sites for hydroxylation is 1. The van der Waals surface area contributed by atoms with Crippen LogP contribution in [0.4, 0.5) is 5.88 Å². The van der Waals surface area contributed by atoms with Gasteiger partial charge in [0.05, 0.1) is 4.88 Å². The van der Waals surface area contributed by atoms with E-state index >= 15 is 0 Å². The summed E-state index contributed by atoms with van der Waals surface area (Å²) in [4.78, 5) is 14.5. The van der Waals surface area contributed by atoms with E-state index in [1.165, 1.54) is 11.3 Å². The van der Waals surface area contributed by atoms with Gasteiger partial charge in [-0.15, -0.1) is 11.3 Å². The van der Waals surface area contributed by atoms with Crippen LogP contribution in [0.5, 0.6) is 0 Å². The van der Waals surface area contributed by atoms with Crippen LogP contribution in [0, 0.1) is 0 Å². The molecule has 0 spiro atoms. The monoisotopic (exact) mass is 291 g/mol. The molecule has 2 aromatic heterocycles. The third-order valence-corrected chi connectivity index (χ3v) is 4.87. The number of carbonyl (C=O) groups is 1. The van der Waals surface area contributed by atoms with Crippen LogP contribution < -0.4 is 11.1 Å². The number of nitrogen functional groups attached to an aromatic ring is 1. The van der Waals surface area contributed by atoms with E-state index in [0.717, 1.165) is 24.1 Å². The molecule has 0 saturated heterocycles. The molecule has 1 aliphatic rings. The van der Waals surface area contributed by atoms with Gasteiger partial charge in [0.15, 0.2) is 0 Å². The predicted octanol–water partition coefficient (Wildman–Crippen LogP) is 2.83. The molecule has 5 nitrogen and oxygen atoms in total. The zero-order valence-corrected chi connectivity index (χ0v) is 12.1. The molecule has 0 aliphatic heterocycles. The molecule has 1 fully saturated rings. The summed E-state index contributed by atoms with van der Waals surface area (Å²) < 4.78 is 5.02. The van der Waals surface area contributed by atoms with Crippen molar-refractivity contribution in [1.82, 2.24) is 10.5 Å². The zero-order chi connectivity index (χ0) is 14.1. The van der Waals surface area contributed by atoms with Gasteiger partial charge >= 0.3 is 0 Å². The van der Waals surface area contributed by atoms with Gasteiger partial charge in [-0.3, -0.25) is 4.79 Å². The van der Waals surface area contributed by atoms with E-state index in [-0.39, 0.29) is 17.8 Å². The van der Waals surface area contributed by atoms with E-state index in [1.54, 1.807) is 11.3 Å². The molecule has 0 radical (unpaired) electrons. The van der Waals surface area contributed by atoms with Gasteiger partial charge in [-0.1, -0.05) is 12.1 Å². The second kappa shape index (κ2) is 5.28. The van der Waals surface area contributed by atoms with Gasteiger partial charge in [-0.05, 0) is 37.8 Å². The fraction of sp³-hybridized carbons (Fsp3) is 0.429. The molecule has 3 N–H and O–H groups in total. The van der Waals surface area contributed by atoms with Gasteiger partial charge in [0.25, 0.3) is 5.91 Å². The van der Waals surface area contributed by atoms with Gasteiger partial charge in [0.1, 0.15) is 11.3 Å². The fourth-order valence-electron chi connectivity index (χ4n) is 2.20. The number of amides is 1. The number of anilines is 1. The number of hydrogen-bond acceptors (Lipinski definition) is 5. The third-order valence-electron chi connectivity index (χ3n) is 3.63. The van der Waals surface area contributed by atoms with E-state index in [2.05, 4.69) is 17.4 Å². The zero-order valence-electron chi connectivity index (χ0n) is 11.3. The Hall–Kier alpha value is -1.82. The van der Waals surface area contributed by atoms with Crippen molar-refractivity contribution >= 4 is 23.1 Å². The highest BCUT2D eigenvalue weighted by Crippen LogP contribution is 2.33. The van der Waals surface area contributed by atoms with Gasteiger partial charge in [-0.25, -0.2) is 0 Å². The van der Waals surface area contributed by atoms with Crippen molar-refractivity contribution in [3.63, 3.8) is 0 Å². The van der Waals surface area contributed by atoms with Crippen LogP contribution in [0.15, 0.2) is 16.7 Å². The summed E-state index contributed by atoms with van der Waals surface area (Å²) in [6, 6.07) is 4.26. The lowest BCUT2D eigenvalue weighted by Crippen LogP contribution is -2.39. The minimum absolute atomic E-state index is 0.0864. The Balaban J connectivity index is 1.89. The molecular weight excluding hydrogens is 274 g/mol. The summed E-state index contributed by atoms with van der Waals surface area (Å²) in [5, 5.41) is 6.93. The van der Waals surface area contributed by atoms with Crippen molar-refractivity contribution in [2.24, 2.45) is 0 Å². The lowest BCUT2D eigenvalue weighted by atomic mass is 9.93. The second-order valence-electron chi connectivity index (χ2n) is 4.99. The van der Waals surface area contributed by atoms with Crippen LogP contribution in [0.1, 0.15) is 41.4 Å². The standard InChI is InChI=1S/C14H17N3O2S/c1-2-9-6-7-10(20-9)12-11(13(15)19-17-12)14(18)16-8-4-3-5-8/h6-8H,2-5,15H2,1H3,(H,16,18). The Morgan fingerprint density at radius 2 is 2.35 bits per heavy atom. The minimum Gasteiger partial charge on any atom is -0.367 e. The van der Waals surface area contributed by atoms with Crippen molar-refractivity contribution in [2.75, 3.05) is 5.73 Å². The lowest BCUT2D eigenvalue weighted by Gasteiger charge is -2.26. The first-order chi connectivity index (χ1) is 9.69. The SMILES string of the molecule is CCc1ccc(-c2noc(N)c2C(=O)NC2CCC2)s1. The summed E-state index contributed by atoms with van der Waals surface area (Å²) in [5.74, 6) is -0.0989. The minimum atomic E-state index is -0.185. The first-order valence-corrected chi connectivity index (χ1v) is 7.65. The van der Waals surface area contributed by atoms with Crippen LogP contribution >= 0.6 is 11.3 Å². The van der Waals surface area contributed by atoms with Crippen LogP contribution in [-0.2, 0) is 6.42 Å². The average molecular weight is 291 g/mol. The van der Waals surface area contributed by atoms with Crippen molar-refractivity contribution in [1.29, 1.82) is 0 Å². The molecule has 0 atom stereocenters. The van der Waals surface area contributed by atoms with Crippen molar-refractivity contribution in [3.05, 3.63) is 22.6 Å². The van der Waals surface area contributed by atoms with E-state index in [9.17, 15) is 4.79 Å². The molecule has 1 saturated carbocycles. The molecule has 0 bridgehead atoms. The van der Waals surface area contributed by atoms with Crippen molar-refractivity contribution in [2.45, 2.75) is 38.6 Å². The number of rotatable bonds is 4. The molecule has 6 heteroatoms. The molecule has 1 aliphatic carbocycles. The predicted molar refractivity (Wildman–Crippen MR) is 78.7 cm³/mol. The highest BCUT2D eigenvalue weighted by molar-refractivity contribution is 7.15. The van der Waals surface area contributed by atoms with Crippen LogP contribution in [0.3, 0.4) is 0 Å². The number of nitrogens with one attached hydrogen (secondary N) is 1. The van der Waals surface area contributed by atoms with Crippen LogP contribution in [0.25, 0.3) is 10.6 Å². The second-order valence-corrected chi connectivity index (χ2v) is 6.16. The molecule has 2 aromatic rings. The summed E-state index contributed by atoms with van der Waals surface area (Å²) in [6.07, 6.45) is 4.19. The van der Waals surface area contributed by atoms with Crippen molar-refractivity contribution < 1.29 is 9.32 Å². The van der Waals surface area contributed by atoms with E-state index in [0.29, 0.717) is 11.3 Å². The molecule has 106 valence electrons. The van der Waals surface area contributed by atoms with E-state index < -0.39 is 0 Å². The Kier molecular flexibility index (Phi) is 3.48. The van der Waals surface area contributed by atoms with Gasteiger partial charge < -0.3 is 15.6 Å². The van der Waals surface area contributed by atoms with Gasteiger partial charge in [0, 0.05) is 10.9 Å². The molecule has 0 aromatic carbocycles. The summed E-state index contributed by atoms with van der Waals surface area (Å²) in [7, 11) is 0. The topological polar surface area (TPSA) is 81.2 Å². The van der Waals surface area contributed by atoms with Gasteiger partial charge in [-0.2, -0.15) is 0 Å². The molecule has 2 heterocycles.